The molecule has 0 bridgehead atoms. The molecule has 1 aliphatic carbocycles. The van der Waals surface area contributed by atoms with Crippen LogP contribution in [0.3, 0.4) is 0 Å². The summed E-state index contributed by atoms with van der Waals surface area (Å²) in [7, 11) is 2.00. The number of rotatable bonds is 7. The number of hydrogen-bond acceptors (Lipinski definition) is 3. The van der Waals surface area contributed by atoms with E-state index in [2.05, 4.69) is 23.8 Å². The second kappa shape index (κ2) is 8.05. The average Bonchev–Trinajstić information content (AvgIpc) is 2.37. The minimum atomic E-state index is 0.0571. The maximum atomic E-state index is 12.1. The Morgan fingerprint density at radius 3 is 2.56 bits per heavy atom. The third-order valence-electron chi connectivity index (χ3n) is 4.00. The fourth-order valence-electron chi connectivity index (χ4n) is 2.74. The van der Waals surface area contributed by atoms with Gasteiger partial charge < -0.3 is 10.6 Å². The van der Waals surface area contributed by atoms with E-state index >= 15 is 0 Å². The summed E-state index contributed by atoms with van der Waals surface area (Å²) in [5.74, 6) is 1.32. The van der Waals surface area contributed by atoms with E-state index in [9.17, 15) is 4.79 Å². The molecule has 0 spiro atoms. The van der Waals surface area contributed by atoms with Gasteiger partial charge in [0.1, 0.15) is 0 Å². The zero-order valence-corrected chi connectivity index (χ0v) is 12.9. The first-order valence-corrected chi connectivity index (χ1v) is 8.48. The second-order valence-electron chi connectivity index (χ2n) is 5.52. The minimum absolute atomic E-state index is 0.0571. The normalized spacial score (nSPS) is 20.4. The largest absolute Gasteiger partial charge is 0.354 e. The fourth-order valence-corrected chi connectivity index (χ4v) is 3.33. The lowest BCUT2D eigenvalue weighted by atomic mass is 9.79. The molecule has 4 heteroatoms. The van der Waals surface area contributed by atoms with E-state index in [4.69, 9.17) is 0 Å². The van der Waals surface area contributed by atoms with Crippen molar-refractivity contribution in [3.8, 4) is 0 Å². The molecule has 0 aromatic rings. The first-order chi connectivity index (χ1) is 8.62. The van der Waals surface area contributed by atoms with E-state index in [1.54, 1.807) is 0 Å². The monoisotopic (exact) mass is 272 g/mol. The van der Waals surface area contributed by atoms with Gasteiger partial charge in [0.25, 0.3) is 0 Å². The zero-order valence-electron chi connectivity index (χ0n) is 12.1. The summed E-state index contributed by atoms with van der Waals surface area (Å²) in [5, 5.41) is 6.53. The average molecular weight is 272 g/mol. The molecule has 1 amide bonds. The van der Waals surface area contributed by atoms with Gasteiger partial charge in [0.15, 0.2) is 0 Å². The first kappa shape index (κ1) is 15.8. The minimum Gasteiger partial charge on any atom is -0.354 e. The third kappa shape index (κ3) is 5.19. The van der Waals surface area contributed by atoms with Crippen molar-refractivity contribution < 1.29 is 4.79 Å². The Balaban J connectivity index is 2.37. The van der Waals surface area contributed by atoms with Crippen LogP contribution in [0.25, 0.3) is 0 Å². The van der Waals surface area contributed by atoms with Gasteiger partial charge in [-0.1, -0.05) is 19.3 Å². The molecule has 1 fully saturated rings. The quantitative estimate of drug-likeness (QED) is 0.748. The standard InChI is InChI=1S/C14H28N2OS/c1-12(7-10-18-3)16-13(17)11-14(15-2)8-5-4-6-9-14/h12,15H,4-11H2,1-3H3,(H,16,17). The van der Waals surface area contributed by atoms with Crippen molar-refractivity contribution in [1.29, 1.82) is 0 Å². The van der Waals surface area contributed by atoms with E-state index < -0.39 is 0 Å². The predicted molar refractivity (Wildman–Crippen MR) is 80.1 cm³/mol. The molecule has 0 saturated heterocycles. The Morgan fingerprint density at radius 1 is 1.33 bits per heavy atom. The van der Waals surface area contributed by atoms with Crippen molar-refractivity contribution >= 4 is 17.7 Å². The Morgan fingerprint density at radius 2 is 2.00 bits per heavy atom. The Hall–Kier alpha value is -0.220. The van der Waals surface area contributed by atoms with Gasteiger partial charge in [-0.2, -0.15) is 11.8 Å². The van der Waals surface area contributed by atoms with Gasteiger partial charge in [0.05, 0.1) is 0 Å². The van der Waals surface area contributed by atoms with E-state index in [-0.39, 0.29) is 11.4 Å². The smallest absolute Gasteiger partial charge is 0.222 e. The number of nitrogens with one attached hydrogen (secondary N) is 2. The van der Waals surface area contributed by atoms with Gasteiger partial charge in [-0.05, 0) is 45.2 Å². The topological polar surface area (TPSA) is 41.1 Å². The fraction of sp³-hybridized carbons (Fsp3) is 0.929. The lowest BCUT2D eigenvalue weighted by Crippen LogP contribution is -2.49. The first-order valence-electron chi connectivity index (χ1n) is 7.09. The van der Waals surface area contributed by atoms with Crippen molar-refractivity contribution in [2.75, 3.05) is 19.1 Å². The number of carbonyl (C=O) groups excluding carboxylic acids is 1. The van der Waals surface area contributed by atoms with Gasteiger partial charge in [0.2, 0.25) is 5.91 Å². The molecular weight excluding hydrogens is 244 g/mol. The van der Waals surface area contributed by atoms with Crippen LogP contribution in [0.15, 0.2) is 0 Å². The summed E-state index contributed by atoms with van der Waals surface area (Å²) in [6.45, 7) is 2.10. The number of thioether (sulfide) groups is 1. The second-order valence-corrected chi connectivity index (χ2v) is 6.50. The Bertz CT molecular complexity index is 252. The van der Waals surface area contributed by atoms with Gasteiger partial charge >= 0.3 is 0 Å². The molecule has 18 heavy (non-hydrogen) atoms. The number of amides is 1. The molecule has 0 heterocycles. The summed E-state index contributed by atoms with van der Waals surface area (Å²) in [5.41, 5.74) is 0.0571. The van der Waals surface area contributed by atoms with Crippen molar-refractivity contribution in [2.45, 2.75) is 63.5 Å². The molecule has 0 aromatic heterocycles. The van der Waals surface area contributed by atoms with Crippen LogP contribution in [-0.4, -0.2) is 36.5 Å². The molecular formula is C14H28N2OS. The van der Waals surface area contributed by atoms with Gasteiger partial charge in [0, 0.05) is 18.0 Å². The molecule has 106 valence electrons. The Kier molecular flexibility index (Phi) is 7.08. The van der Waals surface area contributed by atoms with Crippen LogP contribution in [-0.2, 0) is 4.79 Å². The van der Waals surface area contributed by atoms with Gasteiger partial charge in [-0.15, -0.1) is 0 Å². The number of hydrogen-bond donors (Lipinski definition) is 2. The highest BCUT2D eigenvalue weighted by Gasteiger charge is 2.32. The highest BCUT2D eigenvalue weighted by molar-refractivity contribution is 7.98. The highest BCUT2D eigenvalue weighted by Crippen LogP contribution is 2.30. The summed E-state index contributed by atoms with van der Waals surface area (Å²) >= 11 is 1.83. The maximum Gasteiger partial charge on any atom is 0.222 e. The molecule has 0 radical (unpaired) electrons. The SMILES string of the molecule is CNC1(CC(=O)NC(C)CCSC)CCCCC1. The van der Waals surface area contributed by atoms with Gasteiger partial charge in [-0.25, -0.2) is 0 Å². The van der Waals surface area contributed by atoms with Crippen LogP contribution in [0.5, 0.6) is 0 Å². The maximum absolute atomic E-state index is 12.1. The third-order valence-corrected chi connectivity index (χ3v) is 4.65. The van der Waals surface area contributed by atoms with Crippen LogP contribution in [0, 0.1) is 0 Å². The van der Waals surface area contributed by atoms with Crippen molar-refractivity contribution in [1.82, 2.24) is 10.6 Å². The van der Waals surface area contributed by atoms with E-state index in [1.807, 2.05) is 18.8 Å². The lowest BCUT2D eigenvalue weighted by molar-refractivity contribution is -0.123. The molecule has 1 unspecified atom stereocenters. The molecule has 1 saturated carbocycles. The van der Waals surface area contributed by atoms with Crippen molar-refractivity contribution in [3.05, 3.63) is 0 Å². The van der Waals surface area contributed by atoms with Crippen LogP contribution in [0.2, 0.25) is 0 Å². The molecule has 1 atom stereocenters. The van der Waals surface area contributed by atoms with E-state index in [1.165, 1.54) is 19.3 Å². The summed E-state index contributed by atoms with van der Waals surface area (Å²) in [6.07, 6.45) is 9.87. The summed E-state index contributed by atoms with van der Waals surface area (Å²) in [4.78, 5) is 12.1. The van der Waals surface area contributed by atoms with Crippen LogP contribution >= 0.6 is 11.8 Å². The zero-order chi connectivity index (χ0) is 13.4. The van der Waals surface area contributed by atoms with E-state index in [0.29, 0.717) is 12.5 Å². The summed E-state index contributed by atoms with van der Waals surface area (Å²) in [6, 6.07) is 0.294. The van der Waals surface area contributed by atoms with Gasteiger partial charge in [-0.3, -0.25) is 4.79 Å². The molecule has 1 aliphatic rings. The summed E-state index contributed by atoms with van der Waals surface area (Å²) < 4.78 is 0. The molecule has 2 N–H and O–H groups in total. The van der Waals surface area contributed by atoms with Crippen molar-refractivity contribution in [3.63, 3.8) is 0 Å². The van der Waals surface area contributed by atoms with Crippen molar-refractivity contribution in [2.24, 2.45) is 0 Å². The molecule has 0 aromatic carbocycles. The molecule has 3 nitrogen and oxygen atoms in total. The molecule has 0 aliphatic heterocycles. The van der Waals surface area contributed by atoms with Crippen LogP contribution in [0.1, 0.15) is 51.9 Å². The van der Waals surface area contributed by atoms with Crippen LogP contribution < -0.4 is 10.6 Å². The Labute approximate surface area is 116 Å². The predicted octanol–water partition coefficient (Wildman–Crippen LogP) is 2.56. The van der Waals surface area contributed by atoms with E-state index in [0.717, 1.165) is 25.0 Å². The molecule has 1 rings (SSSR count). The number of carbonyl (C=O) groups is 1. The lowest BCUT2D eigenvalue weighted by Gasteiger charge is -2.37. The highest BCUT2D eigenvalue weighted by atomic mass is 32.2. The van der Waals surface area contributed by atoms with Crippen LogP contribution in [0.4, 0.5) is 0 Å².